The van der Waals surface area contributed by atoms with Crippen molar-refractivity contribution in [1.29, 1.82) is 10.5 Å². The average Bonchev–Trinajstić information content (AvgIpc) is 3.26. The Morgan fingerprint density at radius 1 is 0.304 bits per heavy atom. The van der Waals surface area contributed by atoms with Gasteiger partial charge >= 0.3 is 0 Å². The van der Waals surface area contributed by atoms with Gasteiger partial charge in [0.1, 0.15) is 0 Å². The molecule has 0 radical (unpaired) electrons. The third-order valence-corrected chi connectivity index (χ3v) is 10.7. The van der Waals surface area contributed by atoms with Crippen LogP contribution in [0.4, 0.5) is 0 Å². The zero-order valence-electron chi connectivity index (χ0n) is 30.1. The Morgan fingerprint density at radius 3 is 1.09 bits per heavy atom. The van der Waals surface area contributed by atoms with Crippen LogP contribution in [0.1, 0.15) is 33.4 Å². The summed E-state index contributed by atoms with van der Waals surface area (Å²) in [6.07, 6.45) is 0. The summed E-state index contributed by atoms with van der Waals surface area (Å²) in [5.41, 5.74) is 9.25. The zero-order valence-corrected chi connectivity index (χ0v) is 30.1. The molecule has 0 heterocycles. The van der Waals surface area contributed by atoms with Gasteiger partial charge in [-0.25, -0.2) is 0 Å². The second kappa shape index (κ2) is 13.4. The first-order chi connectivity index (χ1) is 27.6. The maximum absolute atomic E-state index is 9.36. The Kier molecular flexibility index (Phi) is 7.76. The maximum Gasteiger partial charge on any atom is 0.0991 e. The standard InChI is InChI=1S/C54H28N2/c55-33-37-13-9-35(10-14-37)17-19-45-31-51(43-23-21-39-5-1-3-7-41(39)29-43)49-27-28-50-52(44-24-22-40-6-2-4-8-42(40)30-44)32-46(48-26-25-47(45)53(49)54(48)50)20-18-36-11-15-38(34-56)16-12-36/h1-16,21-32H. The summed E-state index contributed by atoms with van der Waals surface area (Å²) in [4.78, 5) is 0. The minimum absolute atomic E-state index is 0.608. The summed E-state index contributed by atoms with van der Waals surface area (Å²) >= 11 is 0. The van der Waals surface area contributed by atoms with Crippen molar-refractivity contribution in [2.75, 3.05) is 0 Å². The third-order valence-electron chi connectivity index (χ3n) is 10.7. The van der Waals surface area contributed by atoms with Gasteiger partial charge in [0.15, 0.2) is 0 Å². The monoisotopic (exact) mass is 704 g/mol. The highest BCUT2D eigenvalue weighted by molar-refractivity contribution is 6.29. The van der Waals surface area contributed by atoms with Crippen molar-refractivity contribution in [3.8, 4) is 58.1 Å². The molecule has 10 aromatic carbocycles. The summed E-state index contributed by atoms with van der Waals surface area (Å²) in [5.74, 6) is 13.9. The van der Waals surface area contributed by atoms with Crippen molar-refractivity contribution in [2.45, 2.75) is 0 Å². The Balaban J connectivity index is 1.29. The lowest BCUT2D eigenvalue weighted by Gasteiger charge is -2.19. The summed E-state index contributed by atoms with van der Waals surface area (Å²) in [5, 5.41) is 30.2. The topological polar surface area (TPSA) is 47.6 Å². The van der Waals surface area contributed by atoms with Crippen molar-refractivity contribution in [3.63, 3.8) is 0 Å². The fourth-order valence-electron chi connectivity index (χ4n) is 7.93. The van der Waals surface area contributed by atoms with Crippen molar-refractivity contribution in [3.05, 3.63) is 203 Å². The molecule has 10 aromatic rings. The number of rotatable bonds is 2. The molecule has 0 aliphatic rings. The predicted molar refractivity (Wildman–Crippen MR) is 230 cm³/mol. The van der Waals surface area contributed by atoms with E-state index in [0.29, 0.717) is 11.1 Å². The number of benzene rings is 10. The van der Waals surface area contributed by atoms with Crippen LogP contribution >= 0.6 is 0 Å². The molecule has 0 fully saturated rings. The first-order valence-corrected chi connectivity index (χ1v) is 18.4. The smallest absolute Gasteiger partial charge is 0.0991 e. The van der Waals surface area contributed by atoms with Crippen LogP contribution in [0.2, 0.25) is 0 Å². The first kappa shape index (κ1) is 32.5. The highest BCUT2D eigenvalue weighted by atomic mass is 14.2. The molecule has 10 rings (SSSR count). The molecule has 0 aliphatic carbocycles. The Labute approximate surface area is 324 Å². The van der Waals surface area contributed by atoms with E-state index in [9.17, 15) is 10.5 Å². The quantitative estimate of drug-likeness (QED) is 0.133. The van der Waals surface area contributed by atoms with E-state index >= 15 is 0 Å². The fraction of sp³-hybridized carbons (Fsp3) is 0. The fourth-order valence-corrected chi connectivity index (χ4v) is 7.93. The van der Waals surface area contributed by atoms with E-state index < -0.39 is 0 Å². The summed E-state index contributed by atoms with van der Waals surface area (Å²) < 4.78 is 0. The molecule has 0 atom stereocenters. The number of nitriles is 2. The van der Waals surface area contributed by atoms with Gasteiger partial charge in [0.2, 0.25) is 0 Å². The Morgan fingerprint density at radius 2 is 0.679 bits per heavy atom. The average molecular weight is 705 g/mol. The molecule has 0 bridgehead atoms. The summed E-state index contributed by atoms with van der Waals surface area (Å²) in [6, 6.07) is 62.9. The van der Waals surface area contributed by atoms with E-state index in [1.807, 2.05) is 48.5 Å². The van der Waals surface area contributed by atoms with Gasteiger partial charge in [-0.1, -0.05) is 121 Å². The second-order valence-corrected chi connectivity index (χ2v) is 14.0. The van der Waals surface area contributed by atoms with Gasteiger partial charge < -0.3 is 0 Å². The molecule has 2 heteroatoms. The molecule has 0 saturated heterocycles. The molecule has 2 nitrogen and oxygen atoms in total. The van der Waals surface area contributed by atoms with E-state index in [1.54, 1.807) is 0 Å². The van der Waals surface area contributed by atoms with Gasteiger partial charge in [-0.3, -0.25) is 0 Å². The number of nitrogens with zero attached hydrogens (tertiary/aromatic N) is 2. The van der Waals surface area contributed by atoms with Crippen molar-refractivity contribution < 1.29 is 0 Å². The van der Waals surface area contributed by atoms with Crippen molar-refractivity contribution >= 4 is 53.9 Å². The van der Waals surface area contributed by atoms with Crippen LogP contribution in [-0.4, -0.2) is 0 Å². The molecule has 0 N–H and O–H groups in total. The molecule has 0 saturated carbocycles. The molecule has 0 amide bonds. The Bertz CT molecular complexity index is 3190. The van der Waals surface area contributed by atoms with Gasteiger partial charge in [-0.15, -0.1) is 0 Å². The zero-order chi connectivity index (χ0) is 37.6. The maximum atomic E-state index is 9.36. The van der Waals surface area contributed by atoms with Gasteiger partial charge in [0.25, 0.3) is 0 Å². The first-order valence-electron chi connectivity index (χ1n) is 18.4. The highest BCUT2D eigenvalue weighted by Gasteiger charge is 2.19. The largest absolute Gasteiger partial charge is 0.192 e. The van der Waals surface area contributed by atoms with E-state index in [4.69, 9.17) is 0 Å². The minimum Gasteiger partial charge on any atom is -0.192 e. The molecule has 0 aromatic heterocycles. The van der Waals surface area contributed by atoms with Crippen LogP contribution in [0.15, 0.2) is 170 Å². The van der Waals surface area contributed by atoms with Gasteiger partial charge in [0, 0.05) is 22.3 Å². The van der Waals surface area contributed by atoms with E-state index in [2.05, 4.69) is 157 Å². The van der Waals surface area contributed by atoms with Gasteiger partial charge in [-0.05, 0) is 149 Å². The molecular weight excluding hydrogens is 677 g/mol. The molecule has 0 aliphatic heterocycles. The highest BCUT2D eigenvalue weighted by Crippen LogP contribution is 2.45. The number of hydrogen-bond acceptors (Lipinski definition) is 2. The van der Waals surface area contributed by atoms with Crippen LogP contribution in [0.25, 0.3) is 76.1 Å². The lowest BCUT2D eigenvalue weighted by molar-refractivity contribution is 1.48. The van der Waals surface area contributed by atoms with Gasteiger partial charge in [0.05, 0.1) is 23.3 Å². The molecule has 0 spiro atoms. The summed E-state index contributed by atoms with van der Waals surface area (Å²) in [7, 11) is 0. The predicted octanol–water partition coefficient (Wildman–Crippen LogP) is 12.8. The lowest BCUT2D eigenvalue weighted by atomic mass is 9.83. The normalized spacial score (nSPS) is 10.9. The minimum atomic E-state index is 0.608. The van der Waals surface area contributed by atoms with E-state index in [1.165, 1.54) is 21.5 Å². The second-order valence-electron chi connectivity index (χ2n) is 14.0. The lowest BCUT2D eigenvalue weighted by Crippen LogP contribution is -1.94. The third kappa shape index (κ3) is 5.65. The molecule has 56 heavy (non-hydrogen) atoms. The van der Waals surface area contributed by atoms with E-state index in [0.717, 1.165) is 76.8 Å². The van der Waals surface area contributed by atoms with Crippen LogP contribution < -0.4 is 0 Å². The van der Waals surface area contributed by atoms with Crippen LogP contribution in [0, 0.1) is 46.3 Å². The molecule has 0 unspecified atom stereocenters. The van der Waals surface area contributed by atoms with Crippen molar-refractivity contribution in [1.82, 2.24) is 0 Å². The Hall–Kier alpha value is -8.14. The number of hydrogen-bond donors (Lipinski definition) is 0. The van der Waals surface area contributed by atoms with Crippen LogP contribution in [-0.2, 0) is 0 Å². The molecule has 254 valence electrons. The SMILES string of the molecule is N#Cc1ccc(C#Cc2cc(-c3ccc4ccccc4c3)c3ccc4c(-c5ccc6ccccc6c5)cc(C#Cc5ccc(C#N)cc5)c5ccc2c3c54)cc1. The van der Waals surface area contributed by atoms with Crippen LogP contribution in [0.3, 0.4) is 0 Å². The number of fused-ring (bicyclic) bond motifs is 2. The van der Waals surface area contributed by atoms with E-state index in [-0.39, 0.29) is 0 Å². The molecular formula is C54H28N2. The summed E-state index contributed by atoms with van der Waals surface area (Å²) in [6.45, 7) is 0. The van der Waals surface area contributed by atoms with Crippen molar-refractivity contribution in [2.24, 2.45) is 0 Å². The van der Waals surface area contributed by atoms with Gasteiger partial charge in [-0.2, -0.15) is 10.5 Å². The van der Waals surface area contributed by atoms with Crippen LogP contribution in [0.5, 0.6) is 0 Å².